The lowest BCUT2D eigenvalue weighted by Crippen LogP contribution is -2.70. The molecular formula is C45H50N4O13. The first-order chi connectivity index (χ1) is 29.8. The molecule has 1 saturated carbocycles. The summed E-state index contributed by atoms with van der Waals surface area (Å²) in [5.41, 5.74) is 4.31. The van der Waals surface area contributed by atoms with E-state index in [-0.39, 0.29) is 46.3 Å². The van der Waals surface area contributed by atoms with Crippen molar-refractivity contribution in [3.63, 3.8) is 0 Å². The number of nitrogens with two attached hydrogens (primary N) is 1. The van der Waals surface area contributed by atoms with Crippen LogP contribution in [0.15, 0.2) is 75.9 Å². The van der Waals surface area contributed by atoms with E-state index in [1.54, 1.807) is 42.5 Å². The third kappa shape index (κ3) is 7.47. The lowest BCUT2D eigenvalue weighted by Gasteiger charge is -2.47. The summed E-state index contributed by atoms with van der Waals surface area (Å²) in [4.78, 5) is 29.8. The predicted octanol–water partition coefficient (Wildman–Crippen LogP) is 3.36. The first kappa shape index (κ1) is 41.5. The summed E-state index contributed by atoms with van der Waals surface area (Å²) >= 11 is 0. The Kier molecular flexibility index (Phi) is 11.0. The van der Waals surface area contributed by atoms with E-state index in [9.17, 15) is 40.2 Å². The summed E-state index contributed by atoms with van der Waals surface area (Å²) in [6.45, 7) is 1.14. The van der Waals surface area contributed by atoms with Gasteiger partial charge in [0.05, 0.1) is 6.61 Å². The molecule has 2 aliphatic heterocycles. The first-order valence-corrected chi connectivity index (χ1v) is 20.9. The van der Waals surface area contributed by atoms with Crippen LogP contribution in [0.25, 0.3) is 22.3 Å². The van der Waals surface area contributed by atoms with Gasteiger partial charge in [-0.2, -0.15) is 0 Å². The van der Waals surface area contributed by atoms with Crippen LogP contribution in [0.2, 0.25) is 0 Å². The molecule has 8 unspecified atom stereocenters. The number of hydrogen-bond donors (Lipinski definition) is 10. The Hall–Kier alpha value is -5.82. The Morgan fingerprint density at radius 1 is 1.02 bits per heavy atom. The van der Waals surface area contributed by atoms with E-state index < -0.39 is 59.0 Å². The normalized spacial score (nSPS) is 28.2. The number of fused-ring (bicyclic) bond motifs is 4. The highest BCUT2D eigenvalue weighted by Crippen LogP contribution is 2.56. The molecule has 62 heavy (non-hydrogen) atoms. The minimum atomic E-state index is -2.44. The van der Waals surface area contributed by atoms with Gasteiger partial charge in [-0.05, 0) is 87.4 Å². The second kappa shape index (κ2) is 16.5. The second-order valence-corrected chi connectivity index (χ2v) is 16.7. The van der Waals surface area contributed by atoms with Gasteiger partial charge in [0, 0.05) is 66.1 Å². The van der Waals surface area contributed by atoms with E-state index in [1.807, 2.05) is 12.1 Å². The first-order valence-electron chi connectivity index (χ1n) is 20.9. The van der Waals surface area contributed by atoms with Gasteiger partial charge < -0.3 is 75.4 Å². The van der Waals surface area contributed by atoms with E-state index in [2.05, 4.69) is 15.6 Å². The molecule has 0 radical (unpaired) electrons. The van der Waals surface area contributed by atoms with Crippen LogP contribution < -0.4 is 36.0 Å². The van der Waals surface area contributed by atoms with Crippen molar-refractivity contribution in [1.29, 1.82) is 0 Å². The number of aliphatic hydroxyl groups is 3. The van der Waals surface area contributed by atoms with Crippen LogP contribution in [0.3, 0.4) is 0 Å². The summed E-state index contributed by atoms with van der Waals surface area (Å²) in [5, 5.41) is 74.0. The number of carbonyl (C=O) groups is 1. The molecule has 4 aliphatic rings. The number of carboxylic acid groups (broad SMARTS) is 1. The monoisotopic (exact) mass is 854 g/mol. The lowest BCUT2D eigenvalue weighted by molar-refractivity contribution is -0.307. The van der Waals surface area contributed by atoms with E-state index >= 15 is 0 Å². The third-order valence-corrected chi connectivity index (χ3v) is 12.9. The summed E-state index contributed by atoms with van der Waals surface area (Å²) in [6, 6.07) is 17.8. The van der Waals surface area contributed by atoms with Crippen LogP contribution in [0, 0.1) is 5.92 Å². The zero-order chi connectivity index (χ0) is 43.3. The maximum atomic E-state index is 14.0. The van der Waals surface area contributed by atoms with Crippen molar-refractivity contribution in [2.75, 3.05) is 25.6 Å². The quantitative estimate of drug-likeness (QED) is 0.0862. The van der Waals surface area contributed by atoms with Crippen molar-refractivity contribution in [1.82, 2.24) is 15.6 Å². The fourth-order valence-electron chi connectivity index (χ4n) is 9.83. The van der Waals surface area contributed by atoms with Crippen molar-refractivity contribution in [2.45, 2.75) is 93.2 Å². The van der Waals surface area contributed by atoms with E-state index in [0.29, 0.717) is 61.8 Å². The number of nitrogens with one attached hydrogen (secondary N) is 3. The van der Waals surface area contributed by atoms with Crippen LogP contribution in [-0.4, -0.2) is 97.7 Å². The number of nitrogen functional groups attached to an aromatic ring is 1. The molecular weight excluding hydrogens is 805 g/mol. The van der Waals surface area contributed by atoms with Crippen LogP contribution in [-0.2, 0) is 28.0 Å². The molecule has 4 heterocycles. The largest absolute Gasteiger partial charge is 0.508 e. The molecule has 0 spiro atoms. The number of rotatable bonds is 12. The fraction of sp³-hybridized carbons (Fsp3) is 0.422. The number of ether oxygens (including phenoxy) is 4. The summed E-state index contributed by atoms with van der Waals surface area (Å²) in [6.07, 6.45) is -3.66. The molecule has 17 nitrogen and oxygen atoms in total. The van der Waals surface area contributed by atoms with E-state index in [4.69, 9.17) is 29.1 Å². The topological polar surface area (TPSA) is 271 Å². The zero-order valence-corrected chi connectivity index (χ0v) is 33.7. The number of aliphatic carboxylic acids is 1. The summed E-state index contributed by atoms with van der Waals surface area (Å²) in [7, 11) is 0. The van der Waals surface area contributed by atoms with Gasteiger partial charge in [0.25, 0.3) is 0 Å². The fourth-order valence-corrected chi connectivity index (χ4v) is 9.83. The van der Waals surface area contributed by atoms with Gasteiger partial charge in [0.15, 0.2) is 23.0 Å². The number of benzene rings is 3. The van der Waals surface area contributed by atoms with Crippen molar-refractivity contribution in [3.8, 4) is 40.1 Å². The number of anilines is 1. The molecule has 11 N–H and O–H groups in total. The minimum Gasteiger partial charge on any atom is -0.508 e. The molecule has 8 atom stereocenters. The molecule has 9 rings (SSSR count). The van der Waals surface area contributed by atoms with Crippen molar-refractivity contribution >= 4 is 22.8 Å². The highest BCUT2D eigenvalue weighted by atomic mass is 16.7. The molecule has 0 bridgehead atoms. The standard InChI is InChI=1S/C45H50N4O13/c46-35-14-11-25(49-35)15-17-58-27-12-9-23(10-13-27)32-18-31(51)36-33(59-32)19-34(60-43-38(53)40(54)44(57,41(61-43)42(55)56)20-26-21-47-22-48-26)39(37(36)52)62-45-16-3-5-24(45)4-1-6-28-29(45)7-2-8-30(28)50/h2,7-14,18-19,24,26,38,40-41,43,47-50,52-54,57H,1,3-6,15-17,20-22,46H2,(H,55,56). The van der Waals surface area contributed by atoms with Gasteiger partial charge in [-0.1, -0.05) is 12.1 Å². The Morgan fingerprint density at radius 3 is 2.56 bits per heavy atom. The molecule has 17 heteroatoms. The number of H-pyrrole nitrogens is 1. The van der Waals surface area contributed by atoms with Crippen LogP contribution in [0.5, 0.6) is 28.7 Å². The molecule has 5 aromatic rings. The third-order valence-electron chi connectivity index (χ3n) is 12.9. The Balaban J connectivity index is 1.10. The van der Waals surface area contributed by atoms with Crippen LogP contribution >= 0.6 is 0 Å². The number of hydrogen-bond acceptors (Lipinski definition) is 15. The average Bonchev–Trinajstić information content (AvgIpc) is 4.00. The maximum Gasteiger partial charge on any atom is 0.336 e. The number of aromatic nitrogens is 1. The number of phenols is 2. The van der Waals surface area contributed by atoms with Crippen molar-refractivity contribution in [2.24, 2.45) is 5.92 Å². The van der Waals surface area contributed by atoms with E-state index in [1.165, 1.54) is 12.1 Å². The van der Waals surface area contributed by atoms with Gasteiger partial charge in [-0.15, -0.1) is 0 Å². The lowest BCUT2D eigenvalue weighted by atomic mass is 9.79. The smallest absolute Gasteiger partial charge is 0.336 e. The maximum absolute atomic E-state index is 14.0. The molecule has 2 saturated heterocycles. The number of phenolic OH excluding ortho intramolecular Hbond substituents is 2. The van der Waals surface area contributed by atoms with Crippen LogP contribution in [0.4, 0.5) is 5.82 Å². The van der Waals surface area contributed by atoms with Gasteiger partial charge in [0.1, 0.15) is 57.5 Å². The van der Waals surface area contributed by atoms with E-state index in [0.717, 1.165) is 36.9 Å². The number of carboxylic acids is 1. The van der Waals surface area contributed by atoms with Gasteiger partial charge in [0.2, 0.25) is 12.0 Å². The molecule has 3 fully saturated rings. The zero-order valence-electron chi connectivity index (χ0n) is 33.7. The van der Waals surface area contributed by atoms with Gasteiger partial charge in [-0.25, -0.2) is 4.79 Å². The average molecular weight is 855 g/mol. The number of aliphatic hydroxyl groups excluding tert-OH is 2. The van der Waals surface area contributed by atoms with Crippen molar-refractivity contribution in [3.05, 3.63) is 93.8 Å². The van der Waals surface area contributed by atoms with Crippen molar-refractivity contribution < 1.29 is 58.8 Å². The molecule has 2 aliphatic carbocycles. The SMILES string of the molecule is Nc1ccc(CCOc2ccc(-c3cc(=O)c4c(O)c(OC56CCCC5CCCc5c(O)cccc56)c(OC5OC(C(=O)O)C(O)(CC6CNCN6)C(O)C5O)cc4o3)cc2)[nH]1. The summed E-state index contributed by atoms with van der Waals surface area (Å²) in [5.74, 6) is -1.58. The Morgan fingerprint density at radius 2 is 1.82 bits per heavy atom. The predicted molar refractivity (Wildman–Crippen MR) is 223 cm³/mol. The Labute approximate surface area is 355 Å². The molecule has 3 aromatic carbocycles. The highest BCUT2D eigenvalue weighted by molar-refractivity contribution is 5.89. The van der Waals surface area contributed by atoms with Gasteiger partial charge in [-0.3, -0.25) is 4.79 Å². The number of aromatic hydroxyl groups is 2. The van der Waals surface area contributed by atoms with Crippen LogP contribution in [0.1, 0.15) is 55.3 Å². The minimum absolute atomic E-state index is 0.0741. The second-order valence-electron chi connectivity index (χ2n) is 16.7. The van der Waals surface area contributed by atoms with Gasteiger partial charge >= 0.3 is 5.97 Å². The number of aromatic amines is 1. The molecule has 0 amide bonds. The molecule has 328 valence electrons. The summed E-state index contributed by atoms with van der Waals surface area (Å²) < 4.78 is 31.2. The Bertz CT molecular complexity index is 2520. The highest BCUT2D eigenvalue weighted by Gasteiger charge is 2.59. The molecule has 2 aromatic heterocycles.